The van der Waals surface area contributed by atoms with Crippen LogP contribution in [0.15, 0.2) is 65.8 Å². The van der Waals surface area contributed by atoms with Gasteiger partial charge in [-0.05, 0) is 73.2 Å². The van der Waals surface area contributed by atoms with Gasteiger partial charge in [0, 0.05) is 11.4 Å². The Morgan fingerprint density at radius 2 is 1.63 bits per heavy atom. The Balaban J connectivity index is 2.37. The molecule has 0 aliphatic heterocycles. The summed E-state index contributed by atoms with van der Waals surface area (Å²) >= 11 is 0. The Kier molecular flexibility index (Phi) is 8.28. The minimum absolute atomic E-state index is 0.0658. The summed E-state index contributed by atoms with van der Waals surface area (Å²) in [6.45, 7) is 9.89. The topological polar surface area (TPSA) is 29.1 Å². The number of carbonyl (C=O) groups is 1. The quantitative estimate of drug-likeness (QED) is 0.279. The van der Waals surface area contributed by atoms with Crippen molar-refractivity contribution in [3.63, 3.8) is 0 Å². The first-order valence-corrected chi connectivity index (χ1v) is 10.1. The fourth-order valence-electron chi connectivity index (χ4n) is 3.08. The first-order valence-electron chi connectivity index (χ1n) is 10.1. The number of rotatable bonds is 8. The van der Waals surface area contributed by atoms with Crippen LogP contribution in [0.4, 0.5) is 14.5 Å². The fourth-order valence-corrected chi connectivity index (χ4v) is 3.08. The first-order chi connectivity index (χ1) is 14.3. The minimum Gasteiger partial charge on any atom is -0.355 e. The van der Waals surface area contributed by atoms with E-state index in [0.717, 1.165) is 34.3 Å². The van der Waals surface area contributed by atoms with Gasteiger partial charge in [0.25, 0.3) is 0 Å². The van der Waals surface area contributed by atoms with Crippen LogP contribution in [0.2, 0.25) is 0 Å². The normalized spacial score (nSPS) is 12.1. The molecule has 0 saturated carbocycles. The zero-order valence-corrected chi connectivity index (χ0v) is 18.2. The second-order valence-corrected chi connectivity index (χ2v) is 7.66. The average molecular weight is 410 g/mol. The first kappa shape index (κ1) is 23.3. The predicted octanol–water partition coefficient (Wildman–Crippen LogP) is 7.40. The Morgan fingerprint density at radius 3 is 2.10 bits per heavy atom. The van der Waals surface area contributed by atoms with Gasteiger partial charge in [-0.15, -0.1) is 0 Å². The average Bonchev–Trinajstić information content (AvgIpc) is 2.69. The summed E-state index contributed by atoms with van der Waals surface area (Å²) in [7, 11) is 0. The summed E-state index contributed by atoms with van der Waals surface area (Å²) in [5, 5.41) is 3.14. The van der Waals surface area contributed by atoms with Crippen molar-refractivity contribution in [3.05, 3.63) is 88.5 Å². The third kappa shape index (κ3) is 5.76. The SMILES string of the molecule is CC/C=C(\Nc1ccc(C(/C=C(/C=O)C(C)C)=C(C)C)cc1)c1c(F)cccc1F. The van der Waals surface area contributed by atoms with Crippen molar-refractivity contribution < 1.29 is 13.6 Å². The van der Waals surface area contributed by atoms with E-state index in [1.165, 1.54) is 18.2 Å². The van der Waals surface area contributed by atoms with E-state index in [4.69, 9.17) is 0 Å². The number of aldehydes is 1. The molecule has 2 aromatic rings. The zero-order valence-electron chi connectivity index (χ0n) is 18.2. The molecular weight excluding hydrogens is 380 g/mol. The van der Waals surface area contributed by atoms with Crippen molar-refractivity contribution in [1.82, 2.24) is 0 Å². The smallest absolute Gasteiger partial charge is 0.146 e. The molecule has 0 bridgehead atoms. The highest BCUT2D eigenvalue weighted by atomic mass is 19.1. The van der Waals surface area contributed by atoms with Gasteiger partial charge in [0.15, 0.2) is 0 Å². The highest BCUT2D eigenvalue weighted by Crippen LogP contribution is 2.28. The van der Waals surface area contributed by atoms with E-state index >= 15 is 0 Å². The van der Waals surface area contributed by atoms with Gasteiger partial charge in [-0.25, -0.2) is 8.78 Å². The summed E-state index contributed by atoms with van der Waals surface area (Å²) < 4.78 is 28.5. The van der Waals surface area contributed by atoms with Crippen molar-refractivity contribution >= 4 is 23.2 Å². The molecule has 0 atom stereocenters. The van der Waals surface area contributed by atoms with E-state index < -0.39 is 11.6 Å². The van der Waals surface area contributed by atoms with E-state index in [1.807, 2.05) is 65.0 Å². The van der Waals surface area contributed by atoms with Crippen molar-refractivity contribution in [2.45, 2.75) is 41.0 Å². The maximum Gasteiger partial charge on any atom is 0.146 e. The number of benzene rings is 2. The van der Waals surface area contributed by atoms with Gasteiger partial charge < -0.3 is 5.32 Å². The predicted molar refractivity (Wildman–Crippen MR) is 122 cm³/mol. The lowest BCUT2D eigenvalue weighted by Crippen LogP contribution is -2.04. The van der Waals surface area contributed by atoms with Crippen molar-refractivity contribution in [2.24, 2.45) is 5.92 Å². The largest absolute Gasteiger partial charge is 0.355 e. The van der Waals surface area contributed by atoms with Crippen LogP contribution in [0.25, 0.3) is 11.3 Å². The Morgan fingerprint density at radius 1 is 1.03 bits per heavy atom. The monoisotopic (exact) mass is 409 g/mol. The van der Waals surface area contributed by atoms with Crippen LogP contribution in [-0.2, 0) is 4.79 Å². The Labute approximate surface area is 178 Å². The number of halogens is 2. The second-order valence-electron chi connectivity index (χ2n) is 7.66. The molecule has 0 aliphatic carbocycles. The lowest BCUT2D eigenvalue weighted by Gasteiger charge is -2.15. The molecule has 0 heterocycles. The number of hydrogen-bond acceptors (Lipinski definition) is 2. The molecule has 0 aliphatic rings. The molecule has 0 fully saturated rings. The lowest BCUT2D eigenvalue weighted by molar-refractivity contribution is -0.105. The van der Waals surface area contributed by atoms with Crippen LogP contribution in [-0.4, -0.2) is 6.29 Å². The van der Waals surface area contributed by atoms with Gasteiger partial charge in [-0.1, -0.05) is 50.6 Å². The molecule has 0 unspecified atom stereocenters. The molecule has 30 heavy (non-hydrogen) atoms. The summed E-state index contributed by atoms with van der Waals surface area (Å²) in [4.78, 5) is 11.4. The molecular formula is C26H29F2NO. The third-order valence-electron chi connectivity index (χ3n) is 4.77. The van der Waals surface area contributed by atoms with Crippen LogP contribution >= 0.6 is 0 Å². The molecule has 0 spiro atoms. The lowest BCUT2D eigenvalue weighted by atomic mass is 9.95. The molecule has 158 valence electrons. The maximum atomic E-state index is 14.2. The highest BCUT2D eigenvalue weighted by molar-refractivity contribution is 5.85. The van der Waals surface area contributed by atoms with Crippen molar-refractivity contribution in [3.8, 4) is 0 Å². The number of hydrogen-bond donors (Lipinski definition) is 1. The highest BCUT2D eigenvalue weighted by Gasteiger charge is 2.14. The van der Waals surface area contributed by atoms with Gasteiger partial charge in [0.2, 0.25) is 0 Å². The molecule has 0 amide bonds. The fraction of sp³-hybridized carbons (Fsp3) is 0.269. The van der Waals surface area contributed by atoms with E-state index in [-0.39, 0.29) is 11.5 Å². The van der Waals surface area contributed by atoms with E-state index in [9.17, 15) is 13.6 Å². The van der Waals surface area contributed by atoms with Crippen LogP contribution in [0.1, 0.15) is 52.2 Å². The Bertz CT molecular complexity index is 958. The van der Waals surface area contributed by atoms with Crippen LogP contribution < -0.4 is 5.32 Å². The number of carbonyl (C=O) groups excluding carboxylic acids is 1. The third-order valence-corrected chi connectivity index (χ3v) is 4.77. The van der Waals surface area contributed by atoms with Crippen molar-refractivity contribution in [2.75, 3.05) is 5.32 Å². The number of anilines is 1. The van der Waals surface area contributed by atoms with Crippen molar-refractivity contribution in [1.29, 1.82) is 0 Å². The molecule has 1 N–H and O–H groups in total. The van der Waals surface area contributed by atoms with Gasteiger partial charge in [0.1, 0.15) is 17.9 Å². The molecule has 2 aromatic carbocycles. The molecule has 0 radical (unpaired) electrons. The molecule has 2 rings (SSSR count). The van der Waals surface area contributed by atoms with E-state index in [1.54, 1.807) is 6.08 Å². The minimum atomic E-state index is -0.606. The van der Waals surface area contributed by atoms with Gasteiger partial charge in [-0.3, -0.25) is 4.79 Å². The van der Waals surface area contributed by atoms with E-state index in [0.29, 0.717) is 12.1 Å². The summed E-state index contributed by atoms with van der Waals surface area (Å²) in [5.74, 6) is -1.08. The van der Waals surface area contributed by atoms with Gasteiger partial charge >= 0.3 is 0 Å². The number of nitrogens with one attached hydrogen (secondary N) is 1. The van der Waals surface area contributed by atoms with Gasteiger partial charge in [0.05, 0.1) is 5.56 Å². The number of allylic oxidation sites excluding steroid dienone is 5. The molecule has 2 nitrogen and oxygen atoms in total. The summed E-state index contributed by atoms with van der Waals surface area (Å²) in [6.07, 6.45) is 5.21. The van der Waals surface area contributed by atoms with E-state index in [2.05, 4.69) is 5.32 Å². The summed E-state index contributed by atoms with van der Waals surface area (Å²) in [6, 6.07) is 11.5. The standard InChI is InChI=1S/C26H29F2NO/c1-6-8-25(26-23(27)9-7-10-24(26)28)29-21-13-11-19(12-14-21)22(18(4)5)15-20(16-30)17(2)3/h7-17,29H,6H2,1-5H3/b20-15-,25-8-. The van der Waals surface area contributed by atoms with Crippen LogP contribution in [0.5, 0.6) is 0 Å². The zero-order chi connectivity index (χ0) is 22.3. The van der Waals surface area contributed by atoms with Gasteiger partial charge in [-0.2, -0.15) is 0 Å². The van der Waals surface area contributed by atoms with Crippen LogP contribution in [0, 0.1) is 17.6 Å². The molecule has 0 saturated heterocycles. The summed E-state index contributed by atoms with van der Waals surface area (Å²) in [5.41, 5.74) is 4.83. The second kappa shape index (κ2) is 10.7. The van der Waals surface area contributed by atoms with Crippen LogP contribution in [0.3, 0.4) is 0 Å². The molecule has 4 heteroatoms. The maximum absolute atomic E-state index is 14.2. The Hall–Kier alpha value is -3.01. The molecule has 0 aromatic heterocycles.